The smallest absolute Gasteiger partial charge is 0.417 e. The Morgan fingerprint density at radius 3 is 2.53 bits per heavy atom. The molecule has 0 bridgehead atoms. The first-order valence-corrected chi connectivity index (χ1v) is 11.3. The molecule has 12 heteroatoms. The molecule has 0 aliphatic carbocycles. The number of carbonyl (C=O) groups is 1. The monoisotopic (exact) mass is 531 g/mol. The molecule has 0 aliphatic rings. The first-order chi connectivity index (χ1) is 14.8. The average molecular weight is 532 g/mol. The molecule has 3 aromatic heterocycles. The van der Waals surface area contributed by atoms with E-state index >= 15 is 0 Å². The summed E-state index contributed by atoms with van der Waals surface area (Å²) in [6.45, 7) is 7.18. The highest BCUT2D eigenvalue weighted by Crippen LogP contribution is 2.37. The Bertz CT molecular complexity index is 1170. The second kappa shape index (κ2) is 8.89. The number of aromatic nitrogens is 4. The Labute approximate surface area is 195 Å². The third kappa shape index (κ3) is 5.34. The van der Waals surface area contributed by atoms with Gasteiger partial charge >= 0.3 is 12.3 Å². The van der Waals surface area contributed by atoms with Gasteiger partial charge < -0.3 is 9.30 Å². The standard InChI is InChI=1S/C20H21BrF3N5O2S/c1-6-32-13-8-11(21)15(28-18(30)31-19(2,3)4)27-14(13)17-26-12-7-10(20(22,23)24)9-25-16(12)29(17)5/h7-9H,6H2,1-5H3,(H,27,28,30). The molecular weight excluding hydrogens is 511 g/mol. The summed E-state index contributed by atoms with van der Waals surface area (Å²) in [5.41, 5.74) is -0.798. The number of rotatable bonds is 4. The summed E-state index contributed by atoms with van der Waals surface area (Å²) >= 11 is 4.89. The van der Waals surface area contributed by atoms with Crippen molar-refractivity contribution in [2.45, 2.75) is 44.4 Å². The van der Waals surface area contributed by atoms with Crippen LogP contribution in [0.15, 0.2) is 27.7 Å². The van der Waals surface area contributed by atoms with Gasteiger partial charge in [0.2, 0.25) is 0 Å². The Morgan fingerprint density at radius 2 is 1.94 bits per heavy atom. The van der Waals surface area contributed by atoms with E-state index in [9.17, 15) is 18.0 Å². The van der Waals surface area contributed by atoms with Crippen LogP contribution in [0.25, 0.3) is 22.7 Å². The van der Waals surface area contributed by atoms with Crippen LogP contribution < -0.4 is 5.32 Å². The average Bonchev–Trinajstić information content (AvgIpc) is 2.98. The van der Waals surface area contributed by atoms with Gasteiger partial charge in [-0.3, -0.25) is 5.32 Å². The molecule has 0 aromatic carbocycles. The van der Waals surface area contributed by atoms with Gasteiger partial charge in [0.1, 0.15) is 16.8 Å². The van der Waals surface area contributed by atoms with E-state index in [0.29, 0.717) is 16.0 Å². The summed E-state index contributed by atoms with van der Waals surface area (Å²) in [6, 6.07) is 2.73. The molecule has 3 rings (SSSR count). The number of nitrogens with one attached hydrogen (secondary N) is 1. The van der Waals surface area contributed by atoms with Crippen molar-refractivity contribution in [1.29, 1.82) is 0 Å². The number of thioether (sulfide) groups is 1. The van der Waals surface area contributed by atoms with Gasteiger partial charge in [-0.1, -0.05) is 6.92 Å². The molecule has 1 N–H and O–H groups in total. The fraction of sp³-hybridized carbons (Fsp3) is 0.400. The van der Waals surface area contributed by atoms with E-state index in [2.05, 4.69) is 36.2 Å². The van der Waals surface area contributed by atoms with Crippen LogP contribution in [0.2, 0.25) is 0 Å². The largest absolute Gasteiger partial charge is 0.444 e. The molecule has 0 atom stereocenters. The maximum atomic E-state index is 13.1. The number of hydrogen-bond donors (Lipinski definition) is 1. The van der Waals surface area contributed by atoms with E-state index in [4.69, 9.17) is 4.74 Å². The van der Waals surface area contributed by atoms with E-state index in [1.807, 2.05) is 6.92 Å². The summed E-state index contributed by atoms with van der Waals surface area (Å²) in [4.78, 5) is 25.8. The lowest BCUT2D eigenvalue weighted by Gasteiger charge is -2.20. The Hall–Kier alpha value is -2.34. The van der Waals surface area contributed by atoms with Crippen LogP contribution in [0.3, 0.4) is 0 Å². The number of pyridine rings is 2. The van der Waals surface area contributed by atoms with E-state index in [0.717, 1.165) is 22.9 Å². The van der Waals surface area contributed by atoms with E-state index < -0.39 is 23.4 Å². The molecule has 0 aliphatic heterocycles. The molecule has 1 amide bonds. The summed E-state index contributed by atoms with van der Waals surface area (Å²) in [6.07, 6.45) is -4.43. The SMILES string of the molecule is CCSc1cc(Br)c(NC(=O)OC(C)(C)C)nc1-c1nc2cc(C(F)(F)F)cnc2n1C. The molecular formula is C20H21BrF3N5O2S. The van der Waals surface area contributed by atoms with Gasteiger partial charge in [0.15, 0.2) is 17.3 Å². The van der Waals surface area contributed by atoms with E-state index in [1.54, 1.807) is 38.5 Å². The van der Waals surface area contributed by atoms with E-state index in [1.165, 1.54) is 11.8 Å². The third-order valence-electron chi connectivity index (χ3n) is 4.11. The Balaban J connectivity index is 2.12. The lowest BCUT2D eigenvalue weighted by atomic mass is 10.2. The number of anilines is 1. The number of ether oxygens (including phenoxy) is 1. The predicted molar refractivity (Wildman–Crippen MR) is 121 cm³/mol. The normalized spacial score (nSPS) is 12.3. The topological polar surface area (TPSA) is 81.9 Å². The van der Waals surface area contributed by atoms with Gasteiger partial charge in [-0.2, -0.15) is 13.2 Å². The van der Waals surface area contributed by atoms with Crippen LogP contribution in [-0.2, 0) is 18.0 Å². The molecule has 32 heavy (non-hydrogen) atoms. The molecule has 3 aromatic rings. The number of aryl methyl sites for hydroxylation is 1. The lowest BCUT2D eigenvalue weighted by Crippen LogP contribution is -2.27. The minimum atomic E-state index is -4.53. The first kappa shape index (κ1) is 24.3. The van der Waals surface area contributed by atoms with Crippen LogP contribution in [0, 0.1) is 0 Å². The van der Waals surface area contributed by atoms with E-state index in [-0.39, 0.29) is 17.0 Å². The molecule has 0 fully saturated rings. The van der Waals surface area contributed by atoms with Gasteiger partial charge in [0, 0.05) is 18.1 Å². The zero-order valence-corrected chi connectivity index (χ0v) is 20.4. The van der Waals surface area contributed by atoms with Crippen molar-refractivity contribution >= 4 is 50.8 Å². The highest BCUT2D eigenvalue weighted by atomic mass is 79.9. The molecule has 3 heterocycles. The van der Waals surface area contributed by atoms with Crippen LogP contribution in [-0.4, -0.2) is 37.0 Å². The number of amides is 1. The Morgan fingerprint density at radius 1 is 1.25 bits per heavy atom. The Kier molecular flexibility index (Phi) is 6.75. The number of nitrogens with zero attached hydrogens (tertiary/aromatic N) is 4. The van der Waals surface area contributed by atoms with Gasteiger partial charge in [-0.25, -0.2) is 19.7 Å². The van der Waals surface area contributed by atoms with Crippen molar-refractivity contribution in [3.63, 3.8) is 0 Å². The number of carbonyl (C=O) groups excluding carboxylic acids is 1. The highest BCUT2D eigenvalue weighted by molar-refractivity contribution is 9.10. The molecule has 0 saturated heterocycles. The van der Waals surface area contributed by atoms with Crippen molar-refractivity contribution in [3.8, 4) is 11.5 Å². The number of alkyl halides is 3. The second-order valence-electron chi connectivity index (χ2n) is 7.78. The molecule has 0 unspecified atom stereocenters. The minimum absolute atomic E-state index is 0.0937. The summed E-state index contributed by atoms with van der Waals surface area (Å²) in [5.74, 6) is 1.24. The minimum Gasteiger partial charge on any atom is -0.444 e. The molecule has 0 spiro atoms. The van der Waals surface area contributed by atoms with Gasteiger partial charge in [-0.15, -0.1) is 11.8 Å². The fourth-order valence-corrected chi connectivity index (χ4v) is 4.18. The number of hydrogen-bond acceptors (Lipinski definition) is 6. The van der Waals surface area contributed by atoms with Crippen LogP contribution in [0.5, 0.6) is 0 Å². The lowest BCUT2D eigenvalue weighted by molar-refractivity contribution is -0.137. The van der Waals surface area contributed by atoms with Crippen molar-refractivity contribution in [2.24, 2.45) is 7.05 Å². The highest BCUT2D eigenvalue weighted by Gasteiger charge is 2.32. The molecule has 7 nitrogen and oxygen atoms in total. The second-order valence-corrected chi connectivity index (χ2v) is 9.94. The van der Waals surface area contributed by atoms with Crippen molar-refractivity contribution in [1.82, 2.24) is 19.5 Å². The van der Waals surface area contributed by atoms with Crippen LogP contribution >= 0.6 is 27.7 Å². The third-order valence-corrected chi connectivity index (χ3v) is 5.62. The zero-order valence-electron chi connectivity index (χ0n) is 18.0. The van der Waals surface area contributed by atoms with Crippen molar-refractivity contribution in [3.05, 3.63) is 28.4 Å². The molecule has 0 radical (unpaired) electrons. The maximum Gasteiger partial charge on any atom is 0.417 e. The summed E-state index contributed by atoms with van der Waals surface area (Å²) < 4.78 is 46.7. The number of imidazole rings is 1. The fourth-order valence-electron chi connectivity index (χ4n) is 2.83. The van der Waals surface area contributed by atoms with Gasteiger partial charge in [0.05, 0.1) is 10.0 Å². The summed E-state index contributed by atoms with van der Waals surface area (Å²) in [7, 11) is 1.65. The molecule has 0 saturated carbocycles. The predicted octanol–water partition coefficient (Wildman–Crippen LogP) is 6.27. The van der Waals surface area contributed by atoms with Crippen molar-refractivity contribution < 1.29 is 22.7 Å². The zero-order chi connectivity index (χ0) is 23.8. The summed E-state index contributed by atoms with van der Waals surface area (Å²) in [5, 5.41) is 2.60. The van der Waals surface area contributed by atoms with Crippen LogP contribution in [0.1, 0.15) is 33.3 Å². The van der Waals surface area contributed by atoms with Gasteiger partial charge in [-0.05, 0) is 54.6 Å². The number of fused-ring (bicyclic) bond motifs is 1. The van der Waals surface area contributed by atoms with Crippen LogP contribution in [0.4, 0.5) is 23.8 Å². The first-order valence-electron chi connectivity index (χ1n) is 9.53. The van der Waals surface area contributed by atoms with Crippen molar-refractivity contribution in [2.75, 3.05) is 11.1 Å². The molecule has 172 valence electrons. The number of halogens is 4. The quantitative estimate of drug-likeness (QED) is 0.399. The van der Waals surface area contributed by atoms with Gasteiger partial charge in [0.25, 0.3) is 0 Å². The maximum absolute atomic E-state index is 13.1.